The molecule has 3 aromatic carbocycles. The fourth-order valence-electron chi connectivity index (χ4n) is 2.84. The van der Waals surface area contributed by atoms with Crippen LogP contribution in [0.5, 0.6) is 5.75 Å². The number of anilines is 1. The average molecular weight is 542 g/mol. The third-order valence-corrected chi connectivity index (χ3v) is 5.47. The molecule has 0 unspecified atom stereocenters. The summed E-state index contributed by atoms with van der Waals surface area (Å²) in [5, 5.41) is 5.91. The van der Waals surface area contributed by atoms with E-state index in [9.17, 15) is 27.2 Å². The molecule has 0 saturated carbocycles. The summed E-state index contributed by atoms with van der Waals surface area (Å²) in [7, 11) is 0. The number of hydrogen-bond donors (Lipinski definition) is 2. The highest BCUT2D eigenvalue weighted by Gasteiger charge is 2.31. The molecule has 12 heteroatoms. The smallest absolute Gasteiger partial charge is 0.416 e. The molecule has 0 fully saturated rings. The number of ether oxygens (including phenoxy) is 1. The summed E-state index contributed by atoms with van der Waals surface area (Å²) in [6, 6.07) is 13.0. The van der Waals surface area contributed by atoms with Crippen LogP contribution in [0.1, 0.15) is 23.6 Å². The number of rotatable bonds is 6. The van der Waals surface area contributed by atoms with E-state index in [2.05, 4.69) is 5.10 Å². The van der Waals surface area contributed by atoms with Gasteiger partial charge in [0.1, 0.15) is 18.2 Å². The Morgan fingerprint density at radius 1 is 0.972 bits per heavy atom. The SMILES string of the molecule is CC(=NNC(=O)C(=O)Nc1cc(C(F)(F)F)ccc1Cl)c1ccc(OCc2c(F)cccc2Cl)cc1. The molecule has 188 valence electrons. The molecule has 0 radical (unpaired) electrons. The van der Waals surface area contributed by atoms with Gasteiger partial charge in [-0.25, -0.2) is 9.82 Å². The summed E-state index contributed by atoms with van der Waals surface area (Å²) in [6.07, 6.45) is -4.65. The van der Waals surface area contributed by atoms with Crippen molar-refractivity contribution in [2.45, 2.75) is 19.7 Å². The van der Waals surface area contributed by atoms with E-state index in [0.29, 0.717) is 23.1 Å². The Labute approximate surface area is 212 Å². The Morgan fingerprint density at radius 2 is 1.67 bits per heavy atom. The Kier molecular flexibility index (Phi) is 8.54. The van der Waals surface area contributed by atoms with Crippen LogP contribution in [-0.4, -0.2) is 17.5 Å². The predicted octanol–water partition coefficient (Wildman–Crippen LogP) is 6.21. The first kappa shape index (κ1) is 27.0. The first-order chi connectivity index (χ1) is 17.0. The molecule has 0 atom stereocenters. The minimum absolute atomic E-state index is 0.0843. The van der Waals surface area contributed by atoms with Gasteiger partial charge in [0, 0.05) is 5.56 Å². The highest BCUT2D eigenvalue weighted by atomic mass is 35.5. The highest BCUT2D eigenvalue weighted by molar-refractivity contribution is 6.41. The number of nitrogens with zero attached hydrogens (tertiary/aromatic N) is 1. The summed E-state index contributed by atoms with van der Waals surface area (Å²) in [5.41, 5.74) is 1.70. The molecular weight excluding hydrogens is 525 g/mol. The van der Waals surface area contributed by atoms with Crippen molar-refractivity contribution in [3.8, 4) is 5.75 Å². The van der Waals surface area contributed by atoms with Crippen LogP contribution < -0.4 is 15.5 Å². The van der Waals surface area contributed by atoms with E-state index in [4.69, 9.17) is 27.9 Å². The molecule has 0 bridgehead atoms. The van der Waals surface area contributed by atoms with Crippen LogP contribution in [0.15, 0.2) is 65.8 Å². The first-order valence-electron chi connectivity index (χ1n) is 10.1. The molecule has 0 heterocycles. The molecule has 3 rings (SSSR count). The van der Waals surface area contributed by atoms with Gasteiger partial charge in [-0.15, -0.1) is 0 Å². The van der Waals surface area contributed by atoms with Crippen molar-refractivity contribution in [1.29, 1.82) is 0 Å². The molecule has 0 aliphatic rings. The maximum Gasteiger partial charge on any atom is 0.416 e. The maximum absolute atomic E-state index is 13.8. The van der Waals surface area contributed by atoms with E-state index in [1.165, 1.54) is 12.1 Å². The third-order valence-electron chi connectivity index (χ3n) is 4.79. The van der Waals surface area contributed by atoms with Crippen LogP contribution in [-0.2, 0) is 22.4 Å². The van der Waals surface area contributed by atoms with Crippen molar-refractivity contribution < 1.29 is 31.9 Å². The number of alkyl halides is 3. The van der Waals surface area contributed by atoms with Gasteiger partial charge in [-0.2, -0.15) is 18.3 Å². The van der Waals surface area contributed by atoms with Crippen LogP contribution in [0.4, 0.5) is 23.2 Å². The van der Waals surface area contributed by atoms with E-state index < -0.39 is 29.4 Å². The van der Waals surface area contributed by atoms with Crippen molar-refractivity contribution in [3.05, 3.63) is 93.2 Å². The van der Waals surface area contributed by atoms with Gasteiger partial charge >= 0.3 is 18.0 Å². The van der Waals surface area contributed by atoms with Crippen LogP contribution >= 0.6 is 23.2 Å². The minimum Gasteiger partial charge on any atom is -0.489 e. The second-order valence-electron chi connectivity index (χ2n) is 7.30. The molecule has 0 aromatic heterocycles. The normalized spacial score (nSPS) is 11.7. The first-order valence-corrected chi connectivity index (χ1v) is 10.9. The van der Waals surface area contributed by atoms with Gasteiger partial charge in [-0.3, -0.25) is 9.59 Å². The lowest BCUT2D eigenvalue weighted by Gasteiger charge is -2.11. The second kappa shape index (κ2) is 11.4. The lowest BCUT2D eigenvalue weighted by atomic mass is 10.1. The molecule has 3 aromatic rings. The average Bonchev–Trinajstić information content (AvgIpc) is 2.83. The molecule has 2 amide bonds. The van der Waals surface area contributed by atoms with Crippen molar-refractivity contribution in [1.82, 2.24) is 5.43 Å². The van der Waals surface area contributed by atoms with Crippen molar-refractivity contribution in [2.24, 2.45) is 5.10 Å². The zero-order chi connectivity index (χ0) is 26.5. The lowest BCUT2D eigenvalue weighted by Crippen LogP contribution is -2.33. The summed E-state index contributed by atoms with van der Waals surface area (Å²) >= 11 is 11.8. The van der Waals surface area contributed by atoms with Gasteiger partial charge in [0.2, 0.25) is 0 Å². The second-order valence-corrected chi connectivity index (χ2v) is 8.11. The topological polar surface area (TPSA) is 79.8 Å². The summed E-state index contributed by atoms with van der Waals surface area (Å²) in [4.78, 5) is 24.1. The van der Waals surface area contributed by atoms with E-state index in [-0.39, 0.29) is 27.9 Å². The summed E-state index contributed by atoms with van der Waals surface area (Å²) < 4.78 is 58.0. The Bertz CT molecular complexity index is 1290. The molecule has 6 nitrogen and oxygen atoms in total. The monoisotopic (exact) mass is 541 g/mol. The van der Waals surface area contributed by atoms with Crippen molar-refractivity contribution >= 4 is 46.4 Å². The van der Waals surface area contributed by atoms with E-state index in [0.717, 1.165) is 12.1 Å². The van der Waals surface area contributed by atoms with Gasteiger partial charge < -0.3 is 10.1 Å². The number of hydrogen-bond acceptors (Lipinski definition) is 4. The number of carbonyl (C=O) groups excluding carboxylic acids is 2. The summed E-state index contributed by atoms with van der Waals surface area (Å²) in [5.74, 6) is -2.54. The predicted molar refractivity (Wildman–Crippen MR) is 128 cm³/mol. The molecule has 0 aliphatic heterocycles. The quantitative estimate of drug-likeness (QED) is 0.168. The molecule has 36 heavy (non-hydrogen) atoms. The van der Waals surface area contributed by atoms with Crippen molar-refractivity contribution in [3.63, 3.8) is 0 Å². The molecule has 0 spiro atoms. The number of hydrazone groups is 1. The van der Waals surface area contributed by atoms with Gasteiger partial charge in [-0.05, 0) is 67.1 Å². The third kappa shape index (κ3) is 6.96. The van der Waals surface area contributed by atoms with E-state index >= 15 is 0 Å². The van der Waals surface area contributed by atoms with Gasteiger partial charge in [-0.1, -0.05) is 29.3 Å². The maximum atomic E-state index is 13.8. The largest absolute Gasteiger partial charge is 0.489 e. The number of carbonyl (C=O) groups is 2. The Balaban J connectivity index is 1.59. The molecule has 0 saturated heterocycles. The van der Waals surface area contributed by atoms with E-state index in [1.807, 2.05) is 10.7 Å². The Hall–Kier alpha value is -3.63. The fourth-order valence-corrected chi connectivity index (χ4v) is 3.23. The number of amides is 2. The van der Waals surface area contributed by atoms with Crippen LogP contribution in [0.2, 0.25) is 10.0 Å². The molecule has 2 N–H and O–H groups in total. The highest BCUT2D eigenvalue weighted by Crippen LogP contribution is 2.33. The van der Waals surface area contributed by atoms with Gasteiger partial charge in [0.05, 0.1) is 27.0 Å². The minimum atomic E-state index is -4.65. The van der Waals surface area contributed by atoms with E-state index in [1.54, 1.807) is 37.3 Å². The lowest BCUT2D eigenvalue weighted by molar-refractivity contribution is -0.137. The summed E-state index contributed by atoms with van der Waals surface area (Å²) in [6.45, 7) is 1.47. The molecule has 0 aliphatic carbocycles. The number of nitrogens with one attached hydrogen (secondary N) is 2. The zero-order valence-corrected chi connectivity index (χ0v) is 19.9. The molecular formula is C24H17Cl2F4N3O3. The fraction of sp³-hybridized carbons (Fsp3) is 0.125. The Morgan fingerprint density at radius 3 is 2.31 bits per heavy atom. The van der Waals surface area contributed by atoms with Crippen LogP contribution in [0.25, 0.3) is 0 Å². The van der Waals surface area contributed by atoms with Crippen molar-refractivity contribution in [2.75, 3.05) is 5.32 Å². The van der Waals surface area contributed by atoms with Gasteiger partial charge in [0.15, 0.2) is 0 Å². The number of benzene rings is 3. The van der Waals surface area contributed by atoms with Crippen LogP contribution in [0.3, 0.4) is 0 Å². The zero-order valence-electron chi connectivity index (χ0n) is 18.4. The van der Waals surface area contributed by atoms with Gasteiger partial charge in [0.25, 0.3) is 0 Å². The van der Waals surface area contributed by atoms with Crippen LogP contribution in [0, 0.1) is 5.82 Å². The standard InChI is InChI=1S/C24H17Cl2F4N3O3/c1-13(14-5-8-16(9-6-14)36-12-17-18(25)3-2-4-20(17)27)32-33-23(35)22(34)31-21-11-15(24(28,29)30)7-10-19(21)26/h2-11H,12H2,1H3,(H,31,34)(H,33,35). The number of halogens is 6.